The van der Waals surface area contributed by atoms with Gasteiger partial charge in [0.2, 0.25) is 23.1 Å². The fraction of sp³-hybridized carbons (Fsp3) is 0.263. The third kappa shape index (κ3) is 9.53. The Morgan fingerprint density at radius 1 is 0.772 bits per heavy atom. The first-order chi connectivity index (χ1) is 27.0. The lowest BCUT2D eigenvalue weighted by Gasteiger charge is -2.19. The molecule has 8 rings (SSSR count). The summed E-state index contributed by atoms with van der Waals surface area (Å²) in [5.41, 5.74) is 13.6. The van der Waals surface area contributed by atoms with E-state index in [1.807, 2.05) is 23.1 Å². The topological polar surface area (TPSA) is 228 Å². The van der Waals surface area contributed by atoms with E-state index in [0.717, 1.165) is 48.4 Å². The van der Waals surface area contributed by atoms with Crippen molar-refractivity contribution in [3.63, 3.8) is 0 Å². The lowest BCUT2D eigenvalue weighted by atomic mass is 10.1. The Balaban J connectivity index is 0.000000161. The summed E-state index contributed by atoms with van der Waals surface area (Å²) in [6.45, 7) is 7.85. The predicted octanol–water partition coefficient (Wildman–Crippen LogP) is 5.59. The number of fused-ring (bicyclic) bond motifs is 2. The molecule has 2 aromatic carbocycles. The summed E-state index contributed by atoms with van der Waals surface area (Å²) in [5.74, 6) is 10.6. The number of anilines is 6. The van der Waals surface area contributed by atoms with Gasteiger partial charge in [0.15, 0.2) is 23.3 Å². The summed E-state index contributed by atoms with van der Waals surface area (Å²) >= 11 is 14.7. The number of nitrogens with two attached hydrogens (primary N) is 2. The Morgan fingerprint density at radius 3 is 1.75 bits per heavy atom. The lowest BCUT2D eigenvalue weighted by Crippen LogP contribution is -2.19. The van der Waals surface area contributed by atoms with Gasteiger partial charge in [-0.2, -0.15) is 19.9 Å². The Labute approximate surface area is 351 Å². The van der Waals surface area contributed by atoms with Crippen molar-refractivity contribution in [1.82, 2.24) is 40.2 Å². The molecule has 0 saturated heterocycles. The van der Waals surface area contributed by atoms with Crippen molar-refractivity contribution in [2.75, 3.05) is 34.4 Å². The average molecular weight is 922 g/mol. The largest absolute Gasteiger partial charge is 0.370 e. The van der Waals surface area contributed by atoms with Crippen molar-refractivity contribution < 1.29 is 19.3 Å². The fourth-order valence-electron chi connectivity index (χ4n) is 5.67. The maximum absolute atomic E-state index is 10.5. The molecule has 0 amide bonds. The smallest absolute Gasteiger partial charge is 0.271 e. The zero-order chi connectivity index (χ0) is 41.1. The number of halogens is 3. The van der Waals surface area contributed by atoms with Gasteiger partial charge in [-0.15, -0.1) is 6.42 Å². The van der Waals surface area contributed by atoms with E-state index in [2.05, 4.69) is 108 Å². The molecule has 57 heavy (non-hydrogen) atoms. The number of terminal acetylenes is 1. The van der Waals surface area contributed by atoms with Crippen LogP contribution in [0.25, 0.3) is 0 Å². The van der Waals surface area contributed by atoms with Crippen molar-refractivity contribution in [2.24, 2.45) is 0 Å². The van der Waals surface area contributed by atoms with Gasteiger partial charge in [0.05, 0.1) is 12.4 Å². The summed E-state index contributed by atoms with van der Waals surface area (Å²) in [6, 6.07) is 12.2. The molecule has 4 aromatic heterocycles. The van der Waals surface area contributed by atoms with Gasteiger partial charge < -0.3 is 40.5 Å². The van der Waals surface area contributed by atoms with Crippen LogP contribution in [-0.2, 0) is 24.0 Å². The molecule has 6 N–H and O–H groups in total. The monoisotopic (exact) mass is 920 g/mol. The molecule has 0 saturated carbocycles. The highest BCUT2D eigenvalue weighted by Gasteiger charge is 2.29. The van der Waals surface area contributed by atoms with E-state index in [4.69, 9.17) is 45.6 Å². The number of nitrogens with zero attached hydrogens (tertiary/aromatic N) is 10. The van der Waals surface area contributed by atoms with Crippen molar-refractivity contribution in [3.8, 4) is 24.2 Å². The normalized spacial score (nSPS) is 14.7. The van der Waals surface area contributed by atoms with Crippen LogP contribution in [0.15, 0.2) is 57.8 Å². The van der Waals surface area contributed by atoms with Gasteiger partial charge in [0, 0.05) is 33.6 Å². The van der Waals surface area contributed by atoms with Crippen LogP contribution >= 0.6 is 45.8 Å². The number of nitrogen functional groups attached to an aromatic ring is 2. The van der Waals surface area contributed by atoms with E-state index < -0.39 is 11.2 Å². The standard InChI is InChI=1S/C19H17ClN6O2.C12H10ClIN4.C7H8N2O2/c1-11-23-17(28-25-11)19(2,27)7-5-12-3-4-13-6-8-26(15(13)9-12)16-14(20)10-22-18(21)24-16;13-9-6-16-12(15)17-11(9)18-4-3-7-1-2-8(14)5-10(7)18;1-4-7(3,10)6-8-5(2)9-11-6/h3-4,9-10,27H,6,8H2,1-2H3,(H2,21,22,24);1-2,5-6H,3-4H2,(H2,15,16,17);1,10H,2-3H3. The molecule has 0 spiro atoms. The summed E-state index contributed by atoms with van der Waals surface area (Å²) in [5, 5.41) is 28.0. The molecule has 2 atom stereocenters. The molecule has 2 aliphatic rings. The molecule has 292 valence electrons. The number of benzene rings is 2. The fourth-order valence-corrected chi connectivity index (χ4v) is 6.53. The molecule has 19 heteroatoms. The Kier molecular flexibility index (Phi) is 12.2. The number of hydrogen-bond acceptors (Lipinski definition) is 16. The van der Waals surface area contributed by atoms with Gasteiger partial charge in [-0.05, 0) is 98.5 Å². The minimum absolute atomic E-state index is 0.0532. The maximum atomic E-state index is 10.5. The molecular weight excluding hydrogens is 886 g/mol. The van der Waals surface area contributed by atoms with E-state index in [-0.39, 0.29) is 23.7 Å². The van der Waals surface area contributed by atoms with Crippen molar-refractivity contribution in [2.45, 2.75) is 51.7 Å². The number of aryl methyl sites for hydroxylation is 2. The number of aliphatic hydroxyl groups is 2. The zero-order valence-corrected chi connectivity index (χ0v) is 34.7. The second kappa shape index (κ2) is 16.9. The third-order valence-corrected chi connectivity index (χ3v) is 9.75. The summed E-state index contributed by atoms with van der Waals surface area (Å²) in [4.78, 5) is 28.2. The SMILES string of the molecule is C#CC(C)(O)c1nc(C)no1.Cc1noc(C(C)(O)C#Cc2ccc3c(c2)N(c2nc(N)ncc2Cl)CC3)n1.Nc1ncc(Cl)c(N2CCc3ccc(I)cc32)n1. The predicted molar refractivity (Wildman–Crippen MR) is 223 cm³/mol. The molecular formula is C38H35Cl2IN12O4. The minimum atomic E-state index is -1.55. The van der Waals surface area contributed by atoms with Crippen LogP contribution in [0.4, 0.5) is 34.9 Å². The van der Waals surface area contributed by atoms with E-state index in [1.54, 1.807) is 20.0 Å². The molecule has 16 nitrogen and oxygen atoms in total. The van der Waals surface area contributed by atoms with E-state index in [1.165, 1.54) is 29.2 Å². The first-order valence-electron chi connectivity index (χ1n) is 17.1. The average Bonchev–Trinajstić information content (AvgIpc) is 4.00. The second-order valence-corrected chi connectivity index (χ2v) is 15.1. The summed E-state index contributed by atoms with van der Waals surface area (Å²) in [6.07, 6.45) is 9.90. The van der Waals surface area contributed by atoms with Crippen LogP contribution in [0.3, 0.4) is 0 Å². The van der Waals surface area contributed by atoms with Crippen LogP contribution in [0, 0.1) is 41.6 Å². The Hall–Kier alpha value is -5.57. The molecule has 2 unspecified atom stereocenters. The number of aromatic nitrogens is 8. The highest BCUT2D eigenvalue weighted by Crippen LogP contribution is 2.39. The van der Waals surface area contributed by atoms with Gasteiger partial charge in [-0.25, -0.2) is 9.97 Å². The number of rotatable bonds is 4. The van der Waals surface area contributed by atoms with Crippen molar-refractivity contribution in [3.05, 3.63) is 103 Å². The van der Waals surface area contributed by atoms with Gasteiger partial charge in [0.25, 0.3) is 11.8 Å². The molecule has 6 aromatic rings. The highest BCUT2D eigenvalue weighted by atomic mass is 127. The first kappa shape index (κ1) is 41.1. The molecule has 0 fully saturated rings. The van der Waals surface area contributed by atoms with Gasteiger partial charge >= 0.3 is 0 Å². The maximum Gasteiger partial charge on any atom is 0.271 e. The van der Waals surface area contributed by atoms with E-state index in [9.17, 15) is 10.2 Å². The first-order valence-corrected chi connectivity index (χ1v) is 19.0. The van der Waals surface area contributed by atoms with Gasteiger partial charge in [0.1, 0.15) is 10.0 Å². The molecule has 0 aliphatic carbocycles. The van der Waals surface area contributed by atoms with E-state index >= 15 is 0 Å². The second-order valence-electron chi connectivity index (χ2n) is 13.1. The quantitative estimate of drug-likeness (QED) is 0.125. The van der Waals surface area contributed by atoms with Crippen LogP contribution in [0.2, 0.25) is 10.0 Å². The van der Waals surface area contributed by atoms with Crippen LogP contribution < -0.4 is 21.3 Å². The summed E-state index contributed by atoms with van der Waals surface area (Å²) < 4.78 is 10.9. The van der Waals surface area contributed by atoms with Gasteiger partial charge in [-0.1, -0.05) is 63.4 Å². The molecule has 6 heterocycles. The van der Waals surface area contributed by atoms with Crippen molar-refractivity contribution in [1.29, 1.82) is 0 Å². The van der Waals surface area contributed by atoms with E-state index in [0.29, 0.717) is 33.3 Å². The Bertz CT molecular complexity index is 2540. The van der Waals surface area contributed by atoms with Crippen LogP contribution in [-0.4, -0.2) is 63.5 Å². The minimum Gasteiger partial charge on any atom is -0.370 e. The zero-order valence-electron chi connectivity index (χ0n) is 31.0. The Morgan fingerprint density at radius 2 is 1.26 bits per heavy atom. The highest BCUT2D eigenvalue weighted by molar-refractivity contribution is 14.1. The van der Waals surface area contributed by atoms with Crippen LogP contribution in [0.5, 0.6) is 0 Å². The van der Waals surface area contributed by atoms with Gasteiger partial charge in [-0.3, -0.25) is 0 Å². The third-order valence-electron chi connectivity index (χ3n) is 8.54. The van der Waals surface area contributed by atoms with Crippen molar-refractivity contribution >= 4 is 80.7 Å². The molecule has 2 aliphatic heterocycles. The number of hydrogen-bond donors (Lipinski definition) is 4. The molecule has 0 bridgehead atoms. The van der Waals surface area contributed by atoms with Crippen LogP contribution in [0.1, 0.15) is 54.0 Å². The molecule has 0 radical (unpaired) electrons. The lowest BCUT2D eigenvalue weighted by molar-refractivity contribution is 0.0813. The summed E-state index contributed by atoms with van der Waals surface area (Å²) in [7, 11) is 0.